The maximum absolute atomic E-state index is 12.1. The molecule has 0 aliphatic heterocycles. The number of halogens is 1. The van der Waals surface area contributed by atoms with Crippen molar-refractivity contribution < 1.29 is 14.3 Å². The number of nitrogens with zero attached hydrogens (tertiary/aromatic N) is 1. The first-order chi connectivity index (χ1) is 12.6. The largest absolute Gasteiger partial charge is 0.484 e. The lowest BCUT2D eigenvalue weighted by Crippen LogP contribution is -2.44. The van der Waals surface area contributed by atoms with E-state index >= 15 is 0 Å². The summed E-state index contributed by atoms with van der Waals surface area (Å²) in [6.45, 7) is -0.265. The van der Waals surface area contributed by atoms with Crippen LogP contribution in [0.3, 0.4) is 0 Å². The van der Waals surface area contributed by atoms with Crippen LogP contribution in [0.25, 0.3) is 11.3 Å². The summed E-state index contributed by atoms with van der Waals surface area (Å²) in [4.78, 5) is 23.8. The molecule has 3 aromatic rings. The van der Waals surface area contributed by atoms with Crippen LogP contribution < -0.4 is 15.6 Å². The molecule has 8 heteroatoms. The van der Waals surface area contributed by atoms with Gasteiger partial charge in [-0.2, -0.15) is 5.10 Å². The third-order valence-electron chi connectivity index (χ3n) is 3.37. The summed E-state index contributed by atoms with van der Waals surface area (Å²) in [5.41, 5.74) is 6.30. The SMILES string of the molecule is O=C(COc1cccc(Cl)c1)NNC(=O)c1cc(-c2ccccc2)n[nH]1. The Labute approximate surface area is 154 Å². The molecule has 3 N–H and O–H groups in total. The molecule has 1 aromatic heterocycles. The van der Waals surface area contributed by atoms with Crippen molar-refractivity contribution in [2.75, 3.05) is 6.61 Å². The average Bonchev–Trinajstić information content (AvgIpc) is 3.15. The Kier molecular flexibility index (Phi) is 5.50. The highest BCUT2D eigenvalue weighted by molar-refractivity contribution is 6.30. The maximum atomic E-state index is 12.1. The zero-order valence-corrected chi connectivity index (χ0v) is 14.3. The Morgan fingerprint density at radius 2 is 1.85 bits per heavy atom. The molecule has 0 radical (unpaired) electrons. The molecule has 0 bridgehead atoms. The van der Waals surface area contributed by atoms with E-state index in [0.29, 0.717) is 16.5 Å². The number of carbonyl (C=O) groups excluding carboxylic acids is 2. The molecule has 0 saturated carbocycles. The van der Waals surface area contributed by atoms with Gasteiger partial charge in [0, 0.05) is 10.6 Å². The van der Waals surface area contributed by atoms with Crippen LogP contribution >= 0.6 is 11.6 Å². The van der Waals surface area contributed by atoms with Gasteiger partial charge >= 0.3 is 0 Å². The molecule has 3 rings (SSSR count). The van der Waals surface area contributed by atoms with Crippen molar-refractivity contribution in [1.82, 2.24) is 21.0 Å². The summed E-state index contributed by atoms with van der Waals surface area (Å²) in [7, 11) is 0. The lowest BCUT2D eigenvalue weighted by Gasteiger charge is -2.08. The fraction of sp³-hybridized carbons (Fsp3) is 0.0556. The zero-order valence-electron chi connectivity index (χ0n) is 13.5. The highest BCUT2D eigenvalue weighted by Gasteiger charge is 2.12. The van der Waals surface area contributed by atoms with E-state index in [1.165, 1.54) is 0 Å². The van der Waals surface area contributed by atoms with Crippen LogP contribution in [0.1, 0.15) is 10.5 Å². The molecule has 0 fully saturated rings. The Morgan fingerprint density at radius 3 is 2.62 bits per heavy atom. The van der Waals surface area contributed by atoms with Gasteiger partial charge in [-0.05, 0) is 24.3 Å². The lowest BCUT2D eigenvalue weighted by molar-refractivity contribution is -0.123. The third-order valence-corrected chi connectivity index (χ3v) is 3.61. The van der Waals surface area contributed by atoms with E-state index in [2.05, 4.69) is 21.0 Å². The lowest BCUT2D eigenvalue weighted by atomic mass is 10.1. The number of hydrogen-bond donors (Lipinski definition) is 3. The van der Waals surface area contributed by atoms with Gasteiger partial charge in [-0.3, -0.25) is 25.5 Å². The van der Waals surface area contributed by atoms with Crippen LogP contribution in [-0.4, -0.2) is 28.6 Å². The average molecular weight is 371 g/mol. The van der Waals surface area contributed by atoms with Gasteiger partial charge in [0.05, 0.1) is 5.69 Å². The van der Waals surface area contributed by atoms with Crippen molar-refractivity contribution in [3.63, 3.8) is 0 Å². The van der Waals surface area contributed by atoms with E-state index in [0.717, 1.165) is 5.56 Å². The van der Waals surface area contributed by atoms with Crippen LogP contribution in [0, 0.1) is 0 Å². The fourth-order valence-electron chi connectivity index (χ4n) is 2.13. The maximum Gasteiger partial charge on any atom is 0.287 e. The second-order valence-electron chi connectivity index (χ2n) is 5.28. The number of hydrazine groups is 1. The molecular formula is C18H15ClN4O3. The molecular weight excluding hydrogens is 356 g/mol. The predicted octanol–water partition coefficient (Wildman–Crippen LogP) is 2.57. The summed E-state index contributed by atoms with van der Waals surface area (Å²) in [5, 5.41) is 7.22. The standard InChI is InChI=1S/C18H15ClN4O3/c19-13-7-4-8-14(9-13)26-11-17(24)22-23-18(25)16-10-15(20-21-16)12-5-2-1-3-6-12/h1-10H,11H2,(H,20,21)(H,22,24)(H,23,25). The summed E-state index contributed by atoms with van der Waals surface area (Å²) >= 11 is 5.83. The highest BCUT2D eigenvalue weighted by Crippen LogP contribution is 2.17. The van der Waals surface area contributed by atoms with Gasteiger partial charge in [-0.15, -0.1) is 0 Å². The number of H-pyrrole nitrogens is 1. The molecule has 2 aromatic carbocycles. The van der Waals surface area contributed by atoms with Gasteiger partial charge in [0.2, 0.25) is 0 Å². The van der Waals surface area contributed by atoms with Gasteiger partial charge < -0.3 is 4.74 Å². The summed E-state index contributed by atoms with van der Waals surface area (Å²) < 4.78 is 5.28. The number of ether oxygens (including phenoxy) is 1. The van der Waals surface area contributed by atoms with E-state index in [1.807, 2.05) is 30.3 Å². The first-order valence-electron chi connectivity index (χ1n) is 7.70. The second kappa shape index (κ2) is 8.17. The fourth-order valence-corrected chi connectivity index (χ4v) is 2.31. The summed E-state index contributed by atoms with van der Waals surface area (Å²) in [5.74, 6) is -0.572. The molecule has 0 spiro atoms. The number of hydrogen-bond acceptors (Lipinski definition) is 4. The van der Waals surface area contributed by atoms with Crippen molar-refractivity contribution in [3.05, 3.63) is 71.4 Å². The molecule has 7 nitrogen and oxygen atoms in total. The molecule has 2 amide bonds. The van der Waals surface area contributed by atoms with Crippen molar-refractivity contribution in [3.8, 4) is 17.0 Å². The molecule has 0 aliphatic rings. The molecule has 0 unspecified atom stereocenters. The van der Waals surface area contributed by atoms with Crippen LogP contribution in [0.2, 0.25) is 5.02 Å². The Hall–Kier alpha value is -3.32. The molecule has 1 heterocycles. The minimum atomic E-state index is -0.518. The van der Waals surface area contributed by atoms with E-state index in [4.69, 9.17) is 16.3 Å². The Morgan fingerprint density at radius 1 is 1.04 bits per heavy atom. The van der Waals surface area contributed by atoms with E-state index < -0.39 is 11.8 Å². The molecule has 0 aliphatic carbocycles. The van der Waals surface area contributed by atoms with Crippen LogP contribution in [0.5, 0.6) is 5.75 Å². The van der Waals surface area contributed by atoms with Crippen molar-refractivity contribution >= 4 is 23.4 Å². The third kappa shape index (κ3) is 4.61. The van der Waals surface area contributed by atoms with E-state index in [1.54, 1.807) is 30.3 Å². The second-order valence-corrected chi connectivity index (χ2v) is 5.72. The smallest absolute Gasteiger partial charge is 0.287 e. The number of benzene rings is 2. The minimum Gasteiger partial charge on any atom is -0.484 e. The molecule has 26 heavy (non-hydrogen) atoms. The van der Waals surface area contributed by atoms with Crippen molar-refractivity contribution in [2.24, 2.45) is 0 Å². The number of aromatic amines is 1. The number of aromatic nitrogens is 2. The van der Waals surface area contributed by atoms with Crippen molar-refractivity contribution in [1.29, 1.82) is 0 Å². The first kappa shape index (κ1) is 17.5. The van der Waals surface area contributed by atoms with Gasteiger partial charge in [0.15, 0.2) is 6.61 Å². The van der Waals surface area contributed by atoms with Gasteiger partial charge in [0.25, 0.3) is 11.8 Å². The topological polar surface area (TPSA) is 96.1 Å². The first-order valence-corrected chi connectivity index (χ1v) is 8.08. The molecule has 132 valence electrons. The summed E-state index contributed by atoms with van der Waals surface area (Å²) in [6, 6.07) is 17.7. The minimum absolute atomic E-state index is 0.222. The summed E-state index contributed by atoms with van der Waals surface area (Å²) in [6.07, 6.45) is 0. The number of nitrogens with one attached hydrogen (secondary N) is 3. The number of rotatable bonds is 5. The normalized spacial score (nSPS) is 10.2. The Bertz CT molecular complexity index is 912. The molecule has 0 saturated heterocycles. The Balaban J connectivity index is 1.49. The van der Waals surface area contributed by atoms with Gasteiger partial charge in [0.1, 0.15) is 11.4 Å². The monoisotopic (exact) mass is 370 g/mol. The highest BCUT2D eigenvalue weighted by atomic mass is 35.5. The van der Waals surface area contributed by atoms with Crippen LogP contribution in [-0.2, 0) is 4.79 Å². The quantitative estimate of drug-likeness (QED) is 0.601. The predicted molar refractivity (Wildman–Crippen MR) is 96.6 cm³/mol. The van der Waals surface area contributed by atoms with E-state index in [9.17, 15) is 9.59 Å². The number of amides is 2. The van der Waals surface area contributed by atoms with Crippen molar-refractivity contribution in [2.45, 2.75) is 0 Å². The number of carbonyl (C=O) groups is 2. The van der Waals surface area contributed by atoms with Gasteiger partial charge in [-0.1, -0.05) is 48.0 Å². The zero-order chi connectivity index (χ0) is 18.4. The van der Waals surface area contributed by atoms with Crippen LogP contribution in [0.15, 0.2) is 60.7 Å². The van der Waals surface area contributed by atoms with E-state index in [-0.39, 0.29) is 12.3 Å². The van der Waals surface area contributed by atoms with Gasteiger partial charge in [-0.25, -0.2) is 0 Å². The van der Waals surface area contributed by atoms with Crippen LogP contribution in [0.4, 0.5) is 0 Å². The molecule has 0 atom stereocenters.